The van der Waals surface area contributed by atoms with E-state index in [9.17, 15) is 4.79 Å². The number of hydrogen-bond acceptors (Lipinski definition) is 2. The van der Waals surface area contributed by atoms with Gasteiger partial charge in [-0.25, -0.2) is 0 Å². The second-order valence-electron chi connectivity index (χ2n) is 7.43. The summed E-state index contributed by atoms with van der Waals surface area (Å²) in [4.78, 5) is 11.9. The summed E-state index contributed by atoms with van der Waals surface area (Å²) >= 11 is 0. The Kier molecular flexibility index (Phi) is 4.54. The van der Waals surface area contributed by atoms with Crippen LogP contribution in [0.25, 0.3) is 0 Å². The largest absolute Gasteiger partial charge is 0.378 e. The lowest BCUT2D eigenvalue weighted by atomic mass is 9.76. The average Bonchev–Trinajstić information content (AvgIpc) is 3.12. The lowest BCUT2D eigenvalue weighted by Gasteiger charge is -2.38. The van der Waals surface area contributed by atoms with Crippen LogP contribution in [0.5, 0.6) is 0 Å². The fourth-order valence-corrected chi connectivity index (χ4v) is 4.37. The van der Waals surface area contributed by atoms with Crippen LogP contribution in [0.1, 0.15) is 54.8 Å². The summed E-state index contributed by atoms with van der Waals surface area (Å²) < 4.78 is 0. The number of aryl methyl sites for hydroxylation is 1. The molecule has 4 rings (SSSR count). The minimum atomic E-state index is 0.0903. The number of carbonyl (C=O) groups is 1. The van der Waals surface area contributed by atoms with Gasteiger partial charge in [0, 0.05) is 23.7 Å². The predicted molar refractivity (Wildman–Crippen MR) is 108 cm³/mol. The highest BCUT2D eigenvalue weighted by Crippen LogP contribution is 2.50. The molecule has 0 saturated carbocycles. The van der Waals surface area contributed by atoms with Crippen LogP contribution >= 0.6 is 0 Å². The van der Waals surface area contributed by atoms with E-state index >= 15 is 0 Å². The lowest BCUT2D eigenvalue weighted by Crippen LogP contribution is -2.29. The Bertz CT molecular complexity index is 855. The molecule has 2 aliphatic rings. The van der Waals surface area contributed by atoms with Crippen LogP contribution in [-0.4, -0.2) is 5.91 Å². The normalized spacial score (nSPS) is 23.1. The number of amides is 1. The maximum absolute atomic E-state index is 11.9. The highest BCUT2D eigenvalue weighted by Gasteiger charge is 2.38. The van der Waals surface area contributed by atoms with E-state index in [1.54, 1.807) is 0 Å². The van der Waals surface area contributed by atoms with Crippen LogP contribution in [-0.2, 0) is 4.79 Å². The van der Waals surface area contributed by atoms with Crippen molar-refractivity contribution in [3.63, 3.8) is 0 Å². The van der Waals surface area contributed by atoms with E-state index in [2.05, 4.69) is 66.1 Å². The van der Waals surface area contributed by atoms with Gasteiger partial charge < -0.3 is 10.6 Å². The summed E-state index contributed by atoms with van der Waals surface area (Å²) in [6, 6.07) is 15.3. The zero-order chi connectivity index (χ0) is 18.1. The standard InChI is InChI=1S/C23H26N2O/c1-3-7-22(26)24-16-12-13-21-20(14-16)18-10-6-11-19(18)23(25-21)17-9-5-4-8-15(17)2/h4-6,8-10,12-14,18-19,23,25H,3,7,11H2,1-2H3,(H,24,26). The number of anilines is 2. The van der Waals surface area contributed by atoms with Gasteiger partial charge in [0.25, 0.3) is 0 Å². The summed E-state index contributed by atoms with van der Waals surface area (Å²) in [6.45, 7) is 4.21. The molecular weight excluding hydrogens is 320 g/mol. The maximum Gasteiger partial charge on any atom is 0.224 e. The zero-order valence-electron chi connectivity index (χ0n) is 15.5. The van der Waals surface area contributed by atoms with Gasteiger partial charge in [-0.05, 0) is 60.6 Å². The molecular formula is C23H26N2O. The number of hydrogen-bond donors (Lipinski definition) is 2. The first kappa shape index (κ1) is 16.9. The topological polar surface area (TPSA) is 41.1 Å². The predicted octanol–water partition coefficient (Wildman–Crippen LogP) is 5.56. The monoisotopic (exact) mass is 346 g/mol. The second-order valence-corrected chi connectivity index (χ2v) is 7.43. The first-order chi connectivity index (χ1) is 12.7. The van der Waals surface area contributed by atoms with Crippen molar-refractivity contribution in [2.45, 2.75) is 45.1 Å². The Morgan fingerprint density at radius 2 is 2.04 bits per heavy atom. The van der Waals surface area contributed by atoms with Gasteiger partial charge in [-0.3, -0.25) is 4.79 Å². The number of carbonyl (C=O) groups excluding carboxylic acids is 1. The highest BCUT2D eigenvalue weighted by atomic mass is 16.1. The molecule has 3 heteroatoms. The molecule has 1 heterocycles. The summed E-state index contributed by atoms with van der Waals surface area (Å²) in [7, 11) is 0. The summed E-state index contributed by atoms with van der Waals surface area (Å²) in [5, 5.41) is 6.81. The van der Waals surface area contributed by atoms with Gasteiger partial charge >= 0.3 is 0 Å². The molecule has 2 N–H and O–H groups in total. The summed E-state index contributed by atoms with van der Waals surface area (Å²) in [6.07, 6.45) is 7.16. The van der Waals surface area contributed by atoms with E-state index in [1.165, 1.54) is 22.4 Å². The number of nitrogens with one attached hydrogen (secondary N) is 2. The smallest absolute Gasteiger partial charge is 0.224 e. The Balaban J connectivity index is 1.67. The van der Waals surface area contributed by atoms with Crippen molar-refractivity contribution < 1.29 is 4.79 Å². The van der Waals surface area contributed by atoms with Crippen LogP contribution in [0.3, 0.4) is 0 Å². The first-order valence-electron chi connectivity index (χ1n) is 9.60. The number of benzene rings is 2. The van der Waals surface area contributed by atoms with Gasteiger partial charge in [-0.2, -0.15) is 0 Å². The molecule has 26 heavy (non-hydrogen) atoms. The van der Waals surface area contributed by atoms with Gasteiger partial charge in [0.15, 0.2) is 0 Å². The second kappa shape index (κ2) is 6.99. The summed E-state index contributed by atoms with van der Waals surface area (Å²) in [5.41, 5.74) is 6.10. The third kappa shape index (κ3) is 3.03. The molecule has 2 aromatic carbocycles. The van der Waals surface area contributed by atoms with E-state index < -0.39 is 0 Å². The minimum Gasteiger partial charge on any atom is -0.378 e. The molecule has 134 valence electrons. The van der Waals surface area contributed by atoms with Crippen LogP contribution in [0.2, 0.25) is 0 Å². The van der Waals surface area contributed by atoms with E-state index in [4.69, 9.17) is 0 Å². The van der Waals surface area contributed by atoms with Crippen molar-refractivity contribution in [1.29, 1.82) is 0 Å². The van der Waals surface area contributed by atoms with E-state index in [-0.39, 0.29) is 5.91 Å². The molecule has 1 aliphatic heterocycles. The molecule has 0 bridgehead atoms. The molecule has 3 nitrogen and oxygen atoms in total. The van der Waals surface area contributed by atoms with Crippen molar-refractivity contribution in [3.05, 3.63) is 71.3 Å². The summed E-state index contributed by atoms with van der Waals surface area (Å²) in [5.74, 6) is 1.01. The molecule has 2 aromatic rings. The van der Waals surface area contributed by atoms with Crippen molar-refractivity contribution >= 4 is 17.3 Å². The Morgan fingerprint density at radius 3 is 2.85 bits per heavy atom. The van der Waals surface area contributed by atoms with Gasteiger partial charge in [0.05, 0.1) is 6.04 Å². The van der Waals surface area contributed by atoms with E-state index in [1.807, 2.05) is 13.0 Å². The van der Waals surface area contributed by atoms with Crippen molar-refractivity contribution in [2.75, 3.05) is 10.6 Å². The van der Waals surface area contributed by atoms with Gasteiger partial charge in [-0.15, -0.1) is 0 Å². The van der Waals surface area contributed by atoms with E-state index in [0.29, 0.717) is 24.3 Å². The number of rotatable bonds is 4. The Morgan fingerprint density at radius 1 is 1.19 bits per heavy atom. The molecule has 1 aliphatic carbocycles. The van der Waals surface area contributed by atoms with Crippen LogP contribution in [0.4, 0.5) is 11.4 Å². The Hall–Kier alpha value is -2.55. The average molecular weight is 346 g/mol. The van der Waals surface area contributed by atoms with Crippen LogP contribution in [0, 0.1) is 12.8 Å². The minimum absolute atomic E-state index is 0.0903. The van der Waals surface area contributed by atoms with E-state index in [0.717, 1.165) is 18.5 Å². The first-order valence-corrected chi connectivity index (χ1v) is 9.60. The molecule has 3 unspecified atom stereocenters. The number of allylic oxidation sites excluding steroid dienone is 2. The third-order valence-electron chi connectivity index (χ3n) is 5.65. The fourth-order valence-electron chi connectivity index (χ4n) is 4.37. The van der Waals surface area contributed by atoms with Crippen molar-refractivity contribution in [2.24, 2.45) is 5.92 Å². The molecule has 0 fully saturated rings. The molecule has 1 amide bonds. The molecule has 3 atom stereocenters. The Labute approximate surface area is 155 Å². The highest BCUT2D eigenvalue weighted by molar-refractivity contribution is 5.91. The van der Waals surface area contributed by atoms with Crippen molar-refractivity contribution in [3.8, 4) is 0 Å². The van der Waals surface area contributed by atoms with Gasteiger partial charge in [0.2, 0.25) is 5.91 Å². The zero-order valence-corrected chi connectivity index (χ0v) is 15.5. The molecule has 0 saturated heterocycles. The maximum atomic E-state index is 11.9. The third-order valence-corrected chi connectivity index (χ3v) is 5.65. The van der Waals surface area contributed by atoms with Gasteiger partial charge in [-0.1, -0.05) is 43.3 Å². The SMILES string of the molecule is CCCC(=O)Nc1ccc2c(c1)C1C=CCC1C(c1ccccc1C)N2. The number of fused-ring (bicyclic) bond motifs is 3. The quantitative estimate of drug-likeness (QED) is 0.712. The van der Waals surface area contributed by atoms with Gasteiger partial charge in [0.1, 0.15) is 0 Å². The van der Waals surface area contributed by atoms with Crippen LogP contribution in [0.15, 0.2) is 54.6 Å². The van der Waals surface area contributed by atoms with Crippen LogP contribution < -0.4 is 10.6 Å². The lowest BCUT2D eigenvalue weighted by molar-refractivity contribution is -0.116. The molecule has 0 spiro atoms. The fraction of sp³-hybridized carbons (Fsp3) is 0.348. The van der Waals surface area contributed by atoms with Crippen molar-refractivity contribution in [1.82, 2.24) is 0 Å². The molecule has 0 radical (unpaired) electrons. The molecule has 0 aromatic heterocycles.